The molecule has 0 spiro atoms. The van der Waals surface area contributed by atoms with E-state index in [1.807, 2.05) is 0 Å². The van der Waals surface area contributed by atoms with Crippen LogP contribution in [0.15, 0.2) is 68.7 Å². The number of anilines is 2. The van der Waals surface area contributed by atoms with Crippen LogP contribution >= 0.6 is 139 Å². The van der Waals surface area contributed by atoms with Gasteiger partial charge in [0, 0.05) is 0 Å². The van der Waals surface area contributed by atoms with Gasteiger partial charge in [-0.2, -0.15) is 0 Å². The summed E-state index contributed by atoms with van der Waals surface area (Å²) in [7, 11) is 0. The number of hydrogen-bond acceptors (Lipinski definition) is 4. The van der Waals surface area contributed by atoms with E-state index in [1.54, 1.807) is 48.5 Å². The van der Waals surface area contributed by atoms with Crippen molar-refractivity contribution in [3.8, 4) is 0 Å². The van der Waals surface area contributed by atoms with E-state index >= 15 is 0 Å². The lowest BCUT2D eigenvalue weighted by molar-refractivity contribution is -0.124. The molecule has 18 heteroatoms. The molecule has 6 aliphatic rings. The first kappa shape index (κ1) is 35.7. The Morgan fingerprint density at radius 1 is 0.429 bits per heavy atom. The Morgan fingerprint density at radius 2 is 0.653 bits per heavy atom. The summed E-state index contributed by atoms with van der Waals surface area (Å²) >= 11 is 79.0. The Labute approximate surface area is 338 Å². The molecular formula is C31H14Cl12N2O4. The molecule has 0 aromatic heterocycles. The van der Waals surface area contributed by atoms with E-state index in [0.29, 0.717) is 6.42 Å². The van der Waals surface area contributed by atoms with Crippen LogP contribution in [0.2, 0.25) is 0 Å². The molecule has 2 saturated heterocycles. The molecule has 8 rings (SSSR count). The highest BCUT2D eigenvalue weighted by atomic mass is 35.5. The number of alkyl halides is 8. The number of rotatable bonds is 4. The summed E-state index contributed by atoms with van der Waals surface area (Å²) in [6.45, 7) is 0. The van der Waals surface area contributed by atoms with Gasteiger partial charge >= 0.3 is 0 Å². The van der Waals surface area contributed by atoms with Crippen LogP contribution in [-0.2, 0) is 25.6 Å². The summed E-state index contributed by atoms with van der Waals surface area (Å²) in [6, 6.07) is 13.4. The second-order valence-corrected chi connectivity index (χ2v) is 19.2. The minimum absolute atomic E-state index is 0.167. The van der Waals surface area contributed by atoms with Crippen LogP contribution in [0.3, 0.4) is 0 Å². The number of nitrogens with zero attached hydrogens (tertiary/aromatic N) is 2. The molecule has 256 valence electrons. The molecule has 0 N–H and O–H groups in total. The first-order chi connectivity index (χ1) is 22.7. The van der Waals surface area contributed by atoms with E-state index in [1.165, 1.54) is 0 Å². The zero-order chi connectivity index (χ0) is 35.8. The maximum atomic E-state index is 13.7. The fraction of sp³-hybridized carbons (Fsp3) is 0.355. The molecule has 2 aliphatic heterocycles. The average molecular weight is 904 g/mol. The molecule has 4 aliphatic carbocycles. The molecular weight excluding hydrogens is 890 g/mol. The topological polar surface area (TPSA) is 74.8 Å². The van der Waals surface area contributed by atoms with Gasteiger partial charge in [-0.1, -0.05) is 117 Å². The van der Waals surface area contributed by atoms with Crippen molar-refractivity contribution in [2.45, 2.75) is 34.6 Å². The summed E-state index contributed by atoms with van der Waals surface area (Å²) < 4.78 is -4.04. The number of carbonyl (C=O) groups is 4. The second kappa shape index (κ2) is 10.7. The van der Waals surface area contributed by atoms with Crippen LogP contribution in [0.5, 0.6) is 0 Å². The zero-order valence-corrected chi connectivity index (χ0v) is 32.8. The molecule has 2 saturated carbocycles. The smallest absolute Gasteiger partial charge is 0.240 e. The van der Waals surface area contributed by atoms with E-state index in [4.69, 9.17) is 139 Å². The number of benzene rings is 2. The average Bonchev–Trinajstić information content (AvgIpc) is 3.64. The van der Waals surface area contributed by atoms with Gasteiger partial charge < -0.3 is 0 Å². The minimum atomic E-state index is -2.02. The van der Waals surface area contributed by atoms with Gasteiger partial charge in [0.25, 0.3) is 0 Å². The van der Waals surface area contributed by atoms with Gasteiger partial charge in [-0.3, -0.25) is 19.2 Å². The van der Waals surface area contributed by atoms with Crippen molar-refractivity contribution in [2.75, 3.05) is 9.80 Å². The van der Waals surface area contributed by atoms with Crippen molar-refractivity contribution < 1.29 is 19.2 Å². The standard InChI is InChI=1S/C31H14Cl12N2O4/c32-18-19(33)27(37)15-14(26(18,36)30(27,40)41)22(46)44(23(15)47)12-5-1-10(2-6-12)9-11-3-7-13(8-4-11)45-24(48)16-17(25(45)49)29(39)21(35)20(34)28(16,38)31(29,42)43/h1-8,14-17H,9H2. The van der Waals surface area contributed by atoms with Gasteiger partial charge in [0.15, 0.2) is 8.67 Å². The lowest BCUT2D eigenvalue weighted by Gasteiger charge is -2.34. The van der Waals surface area contributed by atoms with Crippen LogP contribution in [0, 0.1) is 23.7 Å². The lowest BCUT2D eigenvalue weighted by atomic mass is 9.84. The molecule has 8 atom stereocenters. The molecule has 4 amide bonds. The number of amides is 4. The Hall–Kier alpha value is -0.320. The SMILES string of the molecule is O=C1C2C(C(=O)N1c1ccc(Cc3ccc(N4C(=O)C5C(C4=O)C4(Cl)C(Cl)=C(Cl)C5(Cl)C4(Cl)Cl)cc3)cc1)C1(Cl)C(Cl)=C(Cl)C2(Cl)C1(Cl)Cl. The first-order valence-electron chi connectivity index (χ1n) is 14.3. The van der Waals surface area contributed by atoms with Crippen LogP contribution in [0.25, 0.3) is 0 Å². The van der Waals surface area contributed by atoms with Crippen molar-refractivity contribution >= 4 is 174 Å². The van der Waals surface area contributed by atoms with Crippen molar-refractivity contribution in [2.24, 2.45) is 23.7 Å². The van der Waals surface area contributed by atoms with Crippen molar-refractivity contribution in [1.29, 1.82) is 0 Å². The fourth-order valence-electron chi connectivity index (χ4n) is 8.26. The van der Waals surface area contributed by atoms with Gasteiger partial charge in [-0.15, -0.1) is 46.4 Å². The molecule has 6 nitrogen and oxygen atoms in total. The Morgan fingerprint density at radius 3 is 0.878 bits per heavy atom. The van der Waals surface area contributed by atoms with Crippen molar-refractivity contribution in [1.82, 2.24) is 0 Å². The molecule has 4 bridgehead atoms. The van der Waals surface area contributed by atoms with Crippen LogP contribution in [0.4, 0.5) is 11.4 Å². The largest absolute Gasteiger partial charge is 0.274 e. The second-order valence-electron chi connectivity index (χ2n) is 12.7. The Balaban J connectivity index is 1.01. The van der Waals surface area contributed by atoms with Gasteiger partial charge in [0.05, 0.1) is 55.2 Å². The van der Waals surface area contributed by atoms with E-state index in [0.717, 1.165) is 20.9 Å². The molecule has 49 heavy (non-hydrogen) atoms. The maximum absolute atomic E-state index is 13.7. The number of fused-ring (bicyclic) bond motifs is 10. The number of halogens is 12. The maximum Gasteiger partial charge on any atom is 0.240 e. The third kappa shape index (κ3) is 3.71. The molecule has 2 aromatic carbocycles. The summed E-state index contributed by atoms with van der Waals surface area (Å²) in [6.07, 6.45) is 0.415. The fourth-order valence-corrected chi connectivity index (χ4v) is 14.1. The van der Waals surface area contributed by atoms with Crippen molar-refractivity contribution in [3.63, 3.8) is 0 Å². The monoisotopic (exact) mass is 898 g/mol. The summed E-state index contributed by atoms with van der Waals surface area (Å²) in [5.74, 6) is -7.60. The highest BCUT2D eigenvalue weighted by Gasteiger charge is 2.89. The van der Waals surface area contributed by atoms with Gasteiger partial charge in [0.2, 0.25) is 23.6 Å². The normalized spacial score (nSPS) is 39.7. The van der Waals surface area contributed by atoms with Gasteiger partial charge in [-0.25, -0.2) is 9.80 Å². The number of carbonyl (C=O) groups excluding carboxylic acids is 4. The van der Waals surface area contributed by atoms with E-state index < -0.39 is 75.5 Å². The Bertz CT molecular complexity index is 1800. The molecule has 2 aromatic rings. The minimum Gasteiger partial charge on any atom is -0.274 e. The lowest BCUT2D eigenvalue weighted by Crippen LogP contribution is -2.50. The van der Waals surface area contributed by atoms with Crippen LogP contribution in [0.1, 0.15) is 11.1 Å². The summed E-state index contributed by atoms with van der Waals surface area (Å²) in [5, 5.41) is -0.670. The molecule has 2 heterocycles. The predicted molar refractivity (Wildman–Crippen MR) is 195 cm³/mol. The van der Waals surface area contributed by atoms with Gasteiger partial charge in [0.1, 0.15) is 19.5 Å². The predicted octanol–water partition coefficient (Wildman–Crippen LogP) is 9.18. The van der Waals surface area contributed by atoms with Crippen LogP contribution in [-0.4, -0.2) is 51.8 Å². The summed E-state index contributed by atoms with van der Waals surface area (Å²) in [5.41, 5.74) is 2.18. The quantitative estimate of drug-likeness (QED) is 0.227. The third-order valence-corrected chi connectivity index (χ3v) is 19.1. The Kier molecular flexibility index (Phi) is 7.77. The van der Waals surface area contributed by atoms with Gasteiger partial charge in [-0.05, 0) is 41.8 Å². The number of imide groups is 2. The highest BCUT2D eigenvalue weighted by Crippen LogP contribution is 2.79. The highest BCUT2D eigenvalue weighted by molar-refractivity contribution is 6.68. The van der Waals surface area contributed by atoms with E-state index in [2.05, 4.69) is 0 Å². The first-order valence-corrected chi connectivity index (χ1v) is 18.8. The van der Waals surface area contributed by atoms with Crippen LogP contribution < -0.4 is 9.80 Å². The van der Waals surface area contributed by atoms with Crippen molar-refractivity contribution in [3.05, 3.63) is 79.8 Å². The zero-order valence-electron chi connectivity index (χ0n) is 23.7. The number of hydrogen-bond donors (Lipinski definition) is 0. The molecule has 4 fully saturated rings. The summed E-state index contributed by atoms with van der Waals surface area (Å²) in [4.78, 5) is 49.0. The van der Waals surface area contributed by atoms with E-state index in [-0.39, 0.29) is 31.5 Å². The molecule has 8 unspecified atom stereocenters. The van der Waals surface area contributed by atoms with E-state index in [9.17, 15) is 19.2 Å². The number of allylic oxidation sites excluding steroid dienone is 4. The third-order valence-electron chi connectivity index (χ3n) is 10.6. The molecule has 0 radical (unpaired) electrons.